The molecule has 0 bridgehead atoms. The van der Waals surface area contributed by atoms with Gasteiger partial charge in [0.1, 0.15) is 10.7 Å². The second-order valence-corrected chi connectivity index (χ2v) is 6.53. The van der Waals surface area contributed by atoms with Gasteiger partial charge >= 0.3 is 0 Å². The third-order valence-corrected chi connectivity index (χ3v) is 4.76. The van der Waals surface area contributed by atoms with Crippen LogP contribution in [0.25, 0.3) is 0 Å². The molecule has 0 spiro atoms. The normalized spacial score (nSPS) is 10.7. The molecule has 0 unspecified atom stereocenters. The van der Waals surface area contributed by atoms with Crippen LogP contribution in [0.5, 0.6) is 0 Å². The standard InChI is InChI=1S/C15H12Cl2N4OS/c1-9-14(23-8-18-9)15(22)20-13-4-5-19-21(13)7-10-2-3-11(16)6-12(10)17/h2-6,8H,7H2,1H3,(H,20,22). The summed E-state index contributed by atoms with van der Waals surface area (Å²) in [5.74, 6) is 0.391. The topological polar surface area (TPSA) is 59.8 Å². The van der Waals surface area contributed by atoms with Crippen molar-refractivity contribution in [3.8, 4) is 0 Å². The fourth-order valence-corrected chi connectivity index (χ4v) is 3.23. The highest BCUT2D eigenvalue weighted by Crippen LogP contribution is 2.23. The van der Waals surface area contributed by atoms with Crippen molar-refractivity contribution in [1.82, 2.24) is 14.8 Å². The minimum absolute atomic E-state index is 0.200. The molecule has 3 aromatic rings. The average molecular weight is 367 g/mol. The lowest BCUT2D eigenvalue weighted by molar-refractivity contribution is 0.102. The number of anilines is 1. The number of carbonyl (C=O) groups excluding carboxylic acids is 1. The van der Waals surface area contributed by atoms with E-state index < -0.39 is 0 Å². The lowest BCUT2D eigenvalue weighted by Crippen LogP contribution is -2.16. The lowest BCUT2D eigenvalue weighted by Gasteiger charge is -2.10. The zero-order valence-electron chi connectivity index (χ0n) is 12.1. The van der Waals surface area contributed by atoms with Crippen LogP contribution in [-0.2, 0) is 6.54 Å². The van der Waals surface area contributed by atoms with Gasteiger partial charge in [0.2, 0.25) is 0 Å². The predicted molar refractivity (Wildman–Crippen MR) is 92.6 cm³/mol. The molecule has 0 fully saturated rings. The fraction of sp³-hybridized carbons (Fsp3) is 0.133. The molecule has 1 aromatic carbocycles. The first kappa shape index (κ1) is 16.0. The van der Waals surface area contributed by atoms with Crippen molar-refractivity contribution in [2.24, 2.45) is 0 Å². The summed E-state index contributed by atoms with van der Waals surface area (Å²) < 4.78 is 1.67. The van der Waals surface area contributed by atoms with Gasteiger partial charge in [0, 0.05) is 16.1 Å². The number of thiazole rings is 1. The molecule has 118 valence electrons. The van der Waals surface area contributed by atoms with E-state index in [0.29, 0.717) is 33.0 Å². The van der Waals surface area contributed by atoms with E-state index in [-0.39, 0.29) is 5.91 Å². The van der Waals surface area contributed by atoms with Gasteiger partial charge in [-0.05, 0) is 24.6 Å². The highest BCUT2D eigenvalue weighted by molar-refractivity contribution is 7.12. The number of benzene rings is 1. The van der Waals surface area contributed by atoms with Gasteiger partial charge in [0.25, 0.3) is 5.91 Å². The first-order valence-corrected chi connectivity index (χ1v) is 8.35. The molecule has 8 heteroatoms. The summed E-state index contributed by atoms with van der Waals surface area (Å²) in [7, 11) is 0. The summed E-state index contributed by atoms with van der Waals surface area (Å²) in [4.78, 5) is 17.0. The Morgan fingerprint density at radius 1 is 1.35 bits per heavy atom. The molecular weight excluding hydrogens is 355 g/mol. The molecule has 0 aliphatic rings. The lowest BCUT2D eigenvalue weighted by atomic mass is 10.2. The third-order valence-electron chi connectivity index (χ3n) is 3.25. The van der Waals surface area contributed by atoms with E-state index in [2.05, 4.69) is 15.4 Å². The molecule has 0 aliphatic carbocycles. The maximum Gasteiger partial charge on any atom is 0.268 e. The molecule has 0 radical (unpaired) electrons. The van der Waals surface area contributed by atoms with Crippen molar-refractivity contribution >= 4 is 46.3 Å². The zero-order valence-corrected chi connectivity index (χ0v) is 14.4. The summed E-state index contributed by atoms with van der Waals surface area (Å²) in [5, 5.41) is 8.21. The number of hydrogen-bond donors (Lipinski definition) is 1. The fourth-order valence-electron chi connectivity index (χ4n) is 2.07. The summed E-state index contributed by atoms with van der Waals surface area (Å²) in [6.45, 7) is 2.23. The van der Waals surface area contributed by atoms with E-state index in [0.717, 1.165) is 5.56 Å². The van der Waals surface area contributed by atoms with Crippen LogP contribution in [0.3, 0.4) is 0 Å². The maximum absolute atomic E-state index is 12.3. The van der Waals surface area contributed by atoms with Crippen LogP contribution in [0, 0.1) is 6.92 Å². The number of nitrogens with one attached hydrogen (secondary N) is 1. The first-order valence-electron chi connectivity index (χ1n) is 6.72. The predicted octanol–water partition coefficient (Wildman–Crippen LogP) is 4.26. The van der Waals surface area contributed by atoms with E-state index in [1.165, 1.54) is 11.3 Å². The first-order chi connectivity index (χ1) is 11.0. The zero-order chi connectivity index (χ0) is 16.4. The van der Waals surface area contributed by atoms with Crippen molar-refractivity contribution in [2.45, 2.75) is 13.5 Å². The Balaban J connectivity index is 1.80. The van der Waals surface area contributed by atoms with Crippen molar-refractivity contribution < 1.29 is 4.79 Å². The molecule has 5 nitrogen and oxygen atoms in total. The number of amides is 1. The second-order valence-electron chi connectivity index (χ2n) is 4.83. The molecule has 1 N–H and O–H groups in total. The van der Waals surface area contributed by atoms with Crippen molar-refractivity contribution in [3.63, 3.8) is 0 Å². The minimum atomic E-state index is -0.200. The molecule has 2 aromatic heterocycles. The molecule has 0 saturated heterocycles. The van der Waals surface area contributed by atoms with Crippen LogP contribution < -0.4 is 5.32 Å². The number of hydrogen-bond acceptors (Lipinski definition) is 4. The van der Waals surface area contributed by atoms with Crippen molar-refractivity contribution in [2.75, 3.05) is 5.32 Å². The number of aryl methyl sites for hydroxylation is 1. The highest BCUT2D eigenvalue weighted by atomic mass is 35.5. The quantitative estimate of drug-likeness (QED) is 0.750. The van der Waals surface area contributed by atoms with E-state index in [9.17, 15) is 4.79 Å². The van der Waals surface area contributed by atoms with Crippen LogP contribution in [0.2, 0.25) is 10.0 Å². The monoisotopic (exact) mass is 366 g/mol. The van der Waals surface area contributed by atoms with Gasteiger partial charge < -0.3 is 5.32 Å². The Morgan fingerprint density at radius 2 is 2.17 bits per heavy atom. The van der Waals surface area contributed by atoms with Gasteiger partial charge in [-0.3, -0.25) is 4.79 Å². The van der Waals surface area contributed by atoms with Crippen LogP contribution in [0.15, 0.2) is 36.0 Å². The molecule has 0 saturated carbocycles. The number of carbonyl (C=O) groups is 1. The Labute approximate surface area is 146 Å². The average Bonchev–Trinajstić information content (AvgIpc) is 3.11. The highest BCUT2D eigenvalue weighted by Gasteiger charge is 2.14. The number of nitrogens with zero attached hydrogens (tertiary/aromatic N) is 3. The largest absolute Gasteiger partial charge is 0.306 e. The van der Waals surface area contributed by atoms with E-state index in [4.69, 9.17) is 23.2 Å². The molecule has 3 rings (SSSR count). The second kappa shape index (κ2) is 6.70. The summed E-state index contributed by atoms with van der Waals surface area (Å²) >= 11 is 13.4. The van der Waals surface area contributed by atoms with Gasteiger partial charge in [-0.25, -0.2) is 9.67 Å². The summed E-state index contributed by atoms with van der Waals surface area (Å²) in [5.41, 5.74) is 3.22. The Hall–Kier alpha value is -1.89. The van der Waals surface area contributed by atoms with Crippen LogP contribution in [-0.4, -0.2) is 20.7 Å². The molecule has 0 atom stereocenters. The number of rotatable bonds is 4. The van der Waals surface area contributed by atoms with Crippen LogP contribution >= 0.6 is 34.5 Å². The van der Waals surface area contributed by atoms with Crippen LogP contribution in [0.4, 0.5) is 5.82 Å². The van der Waals surface area contributed by atoms with Gasteiger partial charge in [0.05, 0.1) is 23.9 Å². The summed E-state index contributed by atoms with van der Waals surface area (Å²) in [6, 6.07) is 7.02. The Morgan fingerprint density at radius 3 is 2.87 bits per heavy atom. The van der Waals surface area contributed by atoms with E-state index in [1.807, 2.05) is 6.07 Å². The van der Waals surface area contributed by atoms with Gasteiger partial charge in [-0.1, -0.05) is 29.3 Å². The number of aromatic nitrogens is 3. The maximum atomic E-state index is 12.3. The SMILES string of the molecule is Cc1ncsc1C(=O)Nc1ccnn1Cc1ccc(Cl)cc1Cl. The van der Waals surface area contributed by atoms with Gasteiger partial charge in [-0.2, -0.15) is 5.10 Å². The van der Waals surface area contributed by atoms with Gasteiger partial charge in [0.15, 0.2) is 0 Å². The molecule has 0 aliphatic heterocycles. The van der Waals surface area contributed by atoms with Crippen LogP contribution in [0.1, 0.15) is 20.9 Å². The minimum Gasteiger partial charge on any atom is -0.306 e. The van der Waals surface area contributed by atoms with Crippen molar-refractivity contribution in [3.05, 3.63) is 62.2 Å². The van der Waals surface area contributed by atoms with Gasteiger partial charge in [-0.15, -0.1) is 11.3 Å². The molecule has 2 heterocycles. The Kier molecular flexibility index (Phi) is 4.66. The number of halogens is 2. The van der Waals surface area contributed by atoms with E-state index >= 15 is 0 Å². The third kappa shape index (κ3) is 3.55. The molecule has 1 amide bonds. The Bertz CT molecular complexity index is 859. The molecular formula is C15H12Cl2N4OS. The van der Waals surface area contributed by atoms with E-state index in [1.54, 1.807) is 41.5 Å². The molecule has 23 heavy (non-hydrogen) atoms. The summed E-state index contributed by atoms with van der Waals surface area (Å²) in [6.07, 6.45) is 1.62. The van der Waals surface area contributed by atoms with Crippen molar-refractivity contribution in [1.29, 1.82) is 0 Å². The smallest absolute Gasteiger partial charge is 0.268 e.